The zero-order valence-corrected chi connectivity index (χ0v) is 11.9. The molecule has 0 aliphatic carbocycles. The van der Waals surface area contributed by atoms with Crippen molar-refractivity contribution in [1.82, 2.24) is 15.0 Å². The molecule has 0 aromatic carbocycles. The lowest BCUT2D eigenvalue weighted by Crippen LogP contribution is -2.14. The van der Waals surface area contributed by atoms with Gasteiger partial charge in [-0.25, -0.2) is 13.4 Å². The number of sulfone groups is 1. The van der Waals surface area contributed by atoms with Crippen molar-refractivity contribution in [2.24, 2.45) is 0 Å². The fraction of sp³-hybridized carbons (Fsp3) is 0.250. The molecule has 2 aromatic heterocycles. The molecule has 0 N–H and O–H groups in total. The van der Waals surface area contributed by atoms with Gasteiger partial charge in [0.2, 0.25) is 14.9 Å². The molecule has 0 aliphatic rings. The minimum atomic E-state index is -3.88. The van der Waals surface area contributed by atoms with Crippen LogP contribution in [-0.4, -0.2) is 34.0 Å². The number of rotatable bonds is 5. The molecule has 0 saturated heterocycles. The SMILES string of the molecule is Cc1ccc([N+](=O)[O-])c(S(=O)(=O)CCc2cnccn2)n1. The van der Waals surface area contributed by atoms with Gasteiger partial charge in [0.05, 0.1) is 16.4 Å². The maximum atomic E-state index is 12.3. The van der Waals surface area contributed by atoms with E-state index < -0.39 is 25.5 Å². The van der Waals surface area contributed by atoms with E-state index in [1.807, 2.05) is 0 Å². The highest BCUT2D eigenvalue weighted by atomic mass is 32.2. The lowest BCUT2D eigenvalue weighted by Gasteiger charge is -2.05. The Morgan fingerprint density at radius 2 is 2.05 bits per heavy atom. The highest BCUT2D eigenvalue weighted by molar-refractivity contribution is 7.91. The molecule has 2 heterocycles. The molecule has 0 unspecified atom stereocenters. The van der Waals surface area contributed by atoms with Crippen molar-refractivity contribution in [3.63, 3.8) is 0 Å². The summed E-state index contributed by atoms with van der Waals surface area (Å²) in [5.41, 5.74) is 0.384. The molecule has 2 rings (SSSR count). The summed E-state index contributed by atoms with van der Waals surface area (Å²) in [7, 11) is -3.88. The standard InChI is InChI=1S/C12H12N4O4S/c1-9-2-3-11(16(17)18)12(15-9)21(19,20)7-4-10-8-13-5-6-14-10/h2-3,5-6,8H,4,7H2,1H3. The van der Waals surface area contributed by atoms with Crippen LogP contribution in [-0.2, 0) is 16.3 Å². The van der Waals surface area contributed by atoms with Gasteiger partial charge in [0.15, 0.2) is 0 Å². The van der Waals surface area contributed by atoms with Crippen molar-refractivity contribution in [2.45, 2.75) is 18.4 Å². The first-order valence-corrected chi connectivity index (χ1v) is 7.65. The van der Waals surface area contributed by atoms with Crippen LogP contribution in [0.2, 0.25) is 0 Å². The number of nitro groups is 1. The van der Waals surface area contributed by atoms with Crippen LogP contribution in [0.5, 0.6) is 0 Å². The maximum Gasteiger partial charge on any atom is 0.306 e. The zero-order chi connectivity index (χ0) is 15.5. The molecule has 0 atom stereocenters. The van der Waals surface area contributed by atoms with Crippen LogP contribution in [0.1, 0.15) is 11.4 Å². The van der Waals surface area contributed by atoms with E-state index >= 15 is 0 Å². The van der Waals surface area contributed by atoms with E-state index in [-0.39, 0.29) is 12.2 Å². The fourth-order valence-corrected chi connectivity index (χ4v) is 3.10. The first-order valence-electron chi connectivity index (χ1n) is 6.00. The van der Waals surface area contributed by atoms with Crippen LogP contribution >= 0.6 is 0 Å². The van der Waals surface area contributed by atoms with Crippen LogP contribution < -0.4 is 0 Å². The first kappa shape index (κ1) is 15.0. The lowest BCUT2D eigenvalue weighted by atomic mass is 10.3. The van der Waals surface area contributed by atoms with Gasteiger partial charge in [0.25, 0.3) is 0 Å². The molecule has 0 amide bonds. The molecule has 0 aliphatic heterocycles. The predicted molar refractivity (Wildman–Crippen MR) is 73.4 cm³/mol. The Bertz CT molecular complexity index is 762. The first-order chi connectivity index (χ1) is 9.90. The van der Waals surface area contributed by atoms with E-state index in [1.54, 1.807) is 6.92 Å². The van der Waals surface area contributed by atoms with Gasteiger partial charge in [-0.05, 0) is 13.0 Å². The second-order valence-corrected chi connectivity index (χ2v) is 6.32. The van der Waals surface area contributed by atoms with Crippen molar-refractivity contribution in [3.05, 3.63) is 52.2 Å². The Kier molecular flexibility index (Phi) is 4.22. The van der Waals surface area contributed by atoms with Crippen LogP contribution in [0.3, 0.4) is 0 Å². The third-order valence-electron chi connectivity index (χ3n) is 2.71. The van der Waals surface area contributed by atoms with Crippen LogP contribution in [0.25, 0.3) is 0 Å². The minimum Gasteiger partial charge on any atom is -0.261 e. The Hall–Kier alpha value is -2.42. The molecule has 2 aromatic rings. The van der Waals surface area contributed by atoms with Gasteiger partial charge in [-0.2, -0.15) is 0 Å². The molecule has 110 valence electrons. The van der Waals surface area contributed by atoms with Crippen LogP contribution in [0, 0.1) is 17.0 Å². The van der Waals surface area contributed by atoms with Gasteiger partial charge < -0.3 is 0 Å². The summed E-state index contributed by atoms with van der Waals surface area (Å²) >= 11 is 0. The van der Waals surface area contributed by atoms with E-state index in [0.717, 1.165) is 6.07 Å². The van der Waals surface area contributed by atoms with Gasteiger partial charge in [-0.1, -0.05) is 0 Å². The van der Waals surface area contributed by atoms with Gasteiger partial charge >= 0.3 is 5.69 Å². The molecule has 0 bridgehead atoms. The average Bonchev–Trinajstić information content (AvgIpc) is 2.46. The van der Waals surface area contributed by atoms with E-state index in [9.17, 15) is 18.5 Å². The monoisotopic (exact) mass is 308 g/mol. The zero-order valence-electron chi connectivity index (χ0n) is 11.1. The Morgan fingerprint density at radius 1 is 1.29 bits per heavy atom. The number of hydrogen-bond acceptors (Lipinski definition) is 7. The second kappa shape index (κ2) is 5.92. The quantitative estimate of drug-likeness (QED) is 0.599. The molecule has 9 heteroatoms. The summed E-state index contributed by atoms with van der Waals surface area (Å²) in [6, 6.07) is 2.55. The molecule has 0 fully saturated rings. The highest BCUT2D eigenvalue weighted by Crippen LogP contribution is 2.23. The van der Waals surface area contributed by atoms with Crippen molar-refractivity contribution in [1.29, 1.82) is 0 Å². The molecule has 0 saturated carbocycles. The number of hydrogen-bond donors (Lipinski definition) is 0. The minimum absolute atomic E-state index is 0.114. The van der Waals surface area contributed by atoms with Gasteiger partial charge in [0.1, 0.15) is 0 Å². The normalized spacial score (nSPS) is 11.3. The van der Waals surface area contributed by atoms with Crippen molar-refractivity contribution >= 4 is 15.5 Å². The van der Waals surface area contributed by atoms with E-state index in [4.69, 9.17) is 0 Å². The second-order valence-electron chi connectivity index (χ2n) is 4.30. The topological polar surface area (TPSA) is 116 Å². The fourth-order valence-electron chi connectivity index (χ4n) is 1.69. The molecule has 21 heavy (non-hydrogen) atoms. The number of aryl methyl sites for hydroxylation is 2. The van der Waals surface area contributed by atoms with Gasteiger partial charge in [0, 0.05) is 36.8 Å². The smallest absolute Gasteiger partial charge is 0.261 e. The number of pyridine rings is 1. The molecular weight excluding hydrogens is 296 g/mol. The Morgan fingerprint density at radius 3 is 2.67 bits per heavy atom. The van der Waals surface area contributed by atoms with Crippen molar-refractivity contribution < 1.29 is 13.3 Å². The average molecular weight is 308 g/mol. The van der Waals surface area contributed by atoms with Crippen LogP contribution in [0.15, 0.2) is 35.7 Å². The summed E-state index contributed by atoms with van der Waals surface area (Å²) in [5.74, 6) is -0.316. The summed E-state index contributed by atoms with van der Waals surface area (Å²) in [6.45, 7) is 1.57. The third kappa shape index (κ3) is 3.57. The third-order valence-corrected chi connectivity index (χ3v) is 4.35. The molecule has 8 nitrogen and oxygen atoms in total. The van der Waals surface area contributed by atoms with Crippen LogP contribution in [0.4, 0.5) is 5.69 Å². The molecule has 0 spiro atoms. The van der Waals surface area contributed by atoms with Gasteiger partial charge in [-0.3, -0.25) is 20.1 Å². The number of aromatic nitrogens is 3. The summed E-state index contributed by atoms with van der Waals surface area (Å²) in [6.07, 6.45) is 4.50. The highest BCUT2D eigenvalue weighted by Gasteiger charge is 2.27. The molecule has 0 radical (unpaired) electrons. The van der Waals surface area contributed by atoms with Gasteiger partial charge in [-0.15, -0.1) is 0 Å². The lowest BCUT2D eigenvalue weighted by molar-refractivity contribution is -0.388. The number of nitrogens with zero attached hydrogens (tertiary/aromatic N) is 4. The summed E-state index contributed by atoms with van der Waals surface area (Å²) in [5, 5.41) is 10.4. The molecular formula is C12H12N4O4S. The maximum absolute atomic E-state index is 12.3. The predicted octanol–water partition coefficient (Wildman–Crippen LogP) is 1.10. The Balaban J connectivity index is 2.31. The Labute approximate surface area is 121 Å². The van der Waals surface area contributed by atoms with Crippen molar-refractivity contribution in [2.75, 3.05) is 5.75 Å². The van der Waals surface area contributed by atoms with E-state index in [2.05, 4.69) is 15.0 Å². The van der Waals surface area contributed by atoms with Crippen molar-refractivity contribution in [3.8, 4) is 0 Å². The largest absolute Gasteiger partial charge is 0.306 e. The summed E-state index contributed by atoms with van der Waals surface area (Å²) < 4.78 is 24.5. The van der Waals surface area contributed by atoms with E-state index in [1.165, 1.54) is 24.7 Å². The summed E-state index contributed by atoms with van der Waals surface area (Å²) in [4.78, 5) is 21.8. The van der Waals surface area contributed by atoms with E-state index in [0.29, 0.717) is 11.4 Å².